The van der Waals surface area contributed by atoms with Crippen molar-refractivity contribution in [3.63, 3.8) is 0 Å². The summed E-state index contributed by atoms with van der Waals surface area (Å²) in [6.45, 7) is 1.33. The Morgan fingerprint density at radius 3 is 2.80 bits per heavy atom. The van der Waals surface area contributed by atoms with Crippen molar-refractivity contribution in [1.82, 2.24) is 4.98 Å². The van der Waals surface area contributed by atoms with Crippen LogP contribution in [0.25, 0.3) is 0 Å². The summed E-state index contributed by atoms with van der Waals surface area (Å²) in [4.78, 5) is 16.0. The fourth-order valence-corrected chi connectivity index (χ4v) is 1.76. The number of nitrogens with two attached hydrogens (primary N) is 1. The van der Waals surface area contributed by atoms with Crippen molar-refractivity contribution in [3.05, 3.63) is 23.9 Å². The largest absolute Gasteiger partial charge is 0.384 e. The first kappa shape index (κ1) is 10.1. The number of carbonyl (C=O) groups is 1. The molecular formula is C11H14N2O2. The molecular weight excluding hydrogens is 192 g/mol. The molecule has 0 bridgehead atoms. The standard InChI is InChI=1S/C11H14N2O2/c12-10-3-1-2-9(13-10)11(14)8-4-6-15-7-5-8/h1-3,8H,4-7H2,(H2,12,13). The summed E-state index contributed by atoms with van der Waals surface area (Å²) in [5, 5.41) is 0. The quantitative estimate of drug-likeness (QED) is 0.740. The molecule has 0 spiro atoms. The highest BCUT2D eigenvalue weighted by molar-refractivity contribution is 5.96. The van der Waals surface area contributed by atoms with Gasteiger partial charge in [0.2, 0.25) is 0 Å². The smallest absolute Gasteiger partial charge is 0.184 e. The summed E-state index contributed by atoms with van der Waals surface area (Å²) in [7, 11) is 0. The summed E-state index contributed by atoms with van der Waals surface area (Å²) >= 11 is 0. The van der Waals surface area contributed by atoms with Crippen LogP contribution in [0, 0.1) is 5.92 Å². The minimum atomic E-state index is 0.0491. The van der Waals surface area contributed by atoms with Gasteiger partial charge in [-0.1, -0.05) is 6.07 Å². The summed E-state index contributed by atoms with van der Waals surface area (Å²) in [6, 6.07) is 5.16. The number of ketones is 1. The van der Waals surface area contributed by atoms with Crippen LogP contribution < -0.4 is 5.73 Å². The van der Waals surface area contributed by atoms with Gasteiger partial charge >= 0.3 is 0 Å². The van der Waals surface area contributed by atoms with Crippen LogP contribution in [0.4, 0.5) is 5.82 Å². The van der Waals surface area contributed by atoms with E-state index in [1.54, 1.807) is 18.2 Å². The molecule has 0 aromatic carbocycles. The number of carbonyl (C=O) groups excluding carboxylic acids is 1. The van der Waals surface area contributed by atoms with Crippen molar-refractivity contribution < 1.29 is 9.53 Å². The van der Waals surface area contributed by atoms with E-state index in [-0.39, 0.29) is 11.7 Å². The van der Waals surface area contributed by atoms with Crippen LogP contribution in [-0.4, -0.2) is 24.0 Å². The van der Waals surface area contributed by atoms with E-state index in [9.17, 15) is 4.79 Å². The summed E-state index contributed by atoms with van der Waals surface area (Å²) < 4.78 is 5.21. The van der Waals surface area contributed by atoms with Crippen molar-refractivity contribution >= 4 is 11.6 Å². The molecule has 4 heteroatoms. The van der Waals surface area contributed by atoms with Crippen molar-refractivity contribution in [2.75, 3.05) is 18.9 Å². The third kappa shape index (κ3) is 2.33. The number of Topliss-reactive ketones (excluding diaryl/α,β-unsaturated/α-hetero) is 1. The maximum absolute atomic E-state index is 12.0. The Morgan fingerprint density at radius 2 is 2.13 bits per heavy atom. The van der Waals surface area contributed by atoms with Gasteiger partial charge in [0, 0.05) is 19.1 Å². The maximum atomic E-state index is 12.0. The second-order valence-corrected chi connectivity index (χ2v) is 3.70. The molecule has 0 atom stereocenters. The third-order valence-electron chi connectivity index (χ3n) is 2.62. The maximum Gasteiger partial charge on any atom is 0.184 e. The minimum Gasteiger partial charge on any atom is -0.384 e. The number of hydrogen-bond acceptors (Lipinski definition) is 4. The van der Waals surface area contributed by atoms with Gasteiger partial charge in [-0.3, -0.25) is 4.79 Å². The third-order valence-corrected chi connectivity index (χ3v) is 2.62. The van der Waals surface area contributed by atoms with Gasteiger partial charge < -0.3 is 10.5 Å². The van der Waals surface area contributed by atoms with E-state index in [0.29, 0.717) is 24.7 Å². The number of nitrogens with zero attached hydrogens (tertiary/aromatic N) is 1. The number of rotatable bonds is 2. The topological polar surface area (TPSA) is 65.2 Å². The summed E-state index contributed by atoms with van der Waals surface area (Å²) in [5.74, 6) is 0.534. The van der Waals surface area contributed by atoms with Crippen LogP contribution in [0.1, 0.15) is 23.3 Å². The average molecular weight is 206 g/mol. The fraction of sp³-hybridized carbons (Fsp3) is 0.455. The average Bonchev–Trinajstić information content (AvgIpc) is 2.29. The molecule has 1 aromatic rings. The normalized spacial score (nSPS) is 17.6. The van der Waals surface area contributed by atoms with Gasteiger partial charge in [-0.25, -0.2) is 4.98 Å². The van der Waals surface area contributed by atoms with Crippen molar-refractivity contribution in [3.8, 4) is 0 Å². The highest BCUT2D eigenvalue weighted by atomic mass is 16.5. The van der Waals surface area contributed by atoms with Crippen LogP contribution in [0.5, 0.6) is 0 Å². The Hall–Kier alpha value is -1.42. The predicted molar refractivity (Wildman–Crippen MR) is 56.5 cm³/mol. The number of nitrogen functional groups attached to an aromatic ring is 1. The van der Waals surface area contributed by atoms with E-state index < -0.39 is 0 Å². The molecule has 4 nitrogen and oxygen atoms in total. The lowest BCUT2D eigenvalue weighted by Crippen LogP contribution is -2.24. The van der Waals surface area contributed by atoms with E-state index in [2.05, 4.69) is 4.98 Å². The van der Waals surface area contributed by atoms with E-state index >= 15 is 0 Å². The van der Waals surface area contributed by atoms with Crippen LogP contribution in [0.3, 0.4) is 0 Å². The second kappa shape index (κ2) is 4.40. The molecule has 1 aliphatic rings. The van der Waals surface area contributed by atoms with Crippen molar-refractivity contribution in [2.24, 2.45) is 5.92 Å². The molecule has 0 radical (unpaired) electrons. The van der Waals surface area contributed by atoms with Crippen LogP contribution >= 0.6 is 0 Å². The Morgan fingerprint density at radius 1 is 1.40 bits per heavy atom. The van der Waals surface area contributed by atoms with Crippen LogP contribution in [-0.2, 0) is 4.74 Å². The molecule has 0 saturated carbocycles. The highest BCUT2D eigenvalue weighted by Crippen LogP contribution is 2.19. The van der Waals surface area contributed by atoms with Crippen molar-refractivity contribution in [1.29, 1.82) is 0 Å². The van der Waals surface area contributed by atoms with Crippen LogP contribution in [0.2, 0.25) is 0 Å². The zero-order valence-electron chi connectivity index (χ0n) is 8.48. The molecule has 1 saturated heterocycles. The molecule has 0 amide bonds. The molecule has 2 N–H and O–H groups in total. The summed E-state index contributed by atoms with van der Waals surface area (Å²) in [6.07, 6.45) is 1.57. The second-order valence-electron chi connectivity index (χ2n) is 3.70. The lowest BCUT2D eigenvalue weighted by molar-refractivity contribution is 0.0541. The van der Waals surface area contributed by atoms with Crippen molar-refractivity contribution in [2.45, 2.75) is 12.8 Å². The number of pyridine rings is 1. The Kier molecular flexibility index (Phi) is 2.97. The molecule has 80 valence electrons. The lowest BCUT2D eigenvalue weighted by Gasteiger charge is -2.20. The fourth-order valence-electron chi connectivity index (χ4n) is 1.76. The van der Waals surface area contributed by atoms with Crippen LogP contribution in [0.15, 0.2) is 18.2 Å². The van der Waals surface area contributed by atoms with Gasteiger partial charge in [0.05, 0.1) is 0 Å². The van der Waals surface area contributed by atoms with E-state index in [1.165, 1.54) is 0 Å². The zero-order valence-corrected chi connectivity index (χ0v) is 8.48. The predicted octanol–water partition coefficient (Wildman–Crippen LogP) is 1.27. The van der Waals surface area contributed by atoms with Gasteiger partial charge in [0.25, 0.3) is 0 Å². The molecule has 2 rings (SSSR count). The molecule has 1 aliphatic heterocycles. The monoisotopic (exact) mass is 206 g/mol. The molecule has 1 aromatic heterocycles. The Labute approximate surface area is 88.4 Å². The summed E-state index contributed by atoms with van der Waals surface area (Å²) in [5.41, 5.74) is 6.01. The SMILES string of the molecule is Nc1cccc(C(=O)C2CCOCC2)n1. The molecule has 1 fully saturated rings. The number of ether oxygens (including phenoxy) is 1. The first-order valence-corrected chi connectivity index (χ1v) is 5.12. The molecule has 0 aliphatic carbocycles. The van der Waals surface area contributed by atoms with Gasteiger partial charge in [-0.15, -0.1) is 0 Å². The van der Waals surface area contributed by atoms with E-state index in [0.717, 1.165) is 12.8 Å². The first-order valence-electron chi connectivity index (χ1n) is 5.12. The van der Waals surface area contributed by atoms with Gasteiger partial charge in [-0.2, -0.15) is 0 Å². The van der Waals surface area contributed by atoms with Gasteiger partial charge in [0.1, 0.15) is 11.5 Å². The minimum absolute atomic E-state index is 0.0491. The Balaban J connectivity index is 2.12. The number of anilines is 1. The van der Waals surface area contributed by atoms with Gasteiger partial charge in [0.15, 0.2) is 5.78 Å². The van der Waals surface area contributed by atoms with E-state index in [1.807, 2.05) is 0 Å². The Bertz CT molecular complexity index is 359. The number of aromatic nitrogens is 1. The molecule has 15 heavy (non-hydrogen) atoms. The van der Waals surface area contributed by atoms with Gasteiger partial charge in [-0.05, 0) is 25.0 Å². The molecule has 2 heterocycles. The lowest BCUT2D eigenvalue weighted by atomic mass is 9.93. The zero-order chi connectivity index (χ0) is 10.7. The highest BCUT2D eigenvalue weighted by Gasteiger charge is 2.23. The van der Waals surface area contributed by atoms with E-state index in [4.69, 9.17) is 10.5 Å². The number of hydrogen-bond donors (Lipinski definition) is 1. The molecule has 0 unspecified atom stereocenters. The first-order chi connectivity index (χ1) is 7.27.